The molecule has 1 fully saturated rings. The fraction of sp³-hybridized carbons (Fsp3) is 0.333. The van der Waals surface area contributed by atoms with Crippen molar-refractivity contribution in [3.63, 3.8) is 0 Å². The Labute approximate surface area is 113 Å². The van der Waals surface area contributed by atoms with E-state index in [0.717, 1.165) is 18.2 Å². The van der Waals surface area contributed by atoms with Crippen LogP contribution in [0.3, 0.4) is 0 Å². The molecule has 1 aliphatic rings. The molecule has 0 saturated carbocycles. The molecule has 0 spiro atoms. The fourth-order valence-electron chi connectivity index (χ4n) is 1.93. The second-order valence-corrected chi connectivity index (χ2v) is 4.49. The Hall–Kier alpha value is -2.64. The summed E-state index contributed by atoms with van der Waals surface area (Å²) in [6.07, 6.45) is 0.673. The number of nitrogens with zero attached hydrogens (tertiary/aromatic N) is 1. The summed E-state index contributed by atoms with van der Waals surface area (Å²) in [4.78, 5) is 33.0. The number of benzene rings is 1. The summed E-state index contributed by atoms with van der Waals surface area (Å²) < 4.78 is 0. The molecule has 0 aliphatic carbocycles. The highest BCUT2D eigenvalue weighted by Crippen LogP contribution is 2.28. The van der Waals surface area contributed by atoms with E-state index < -0.39 is 10.8 Å². The maximum Gasteiger partial charge on any atom is 0.271 e. The lowest BCUT2D eigenvalue weighted by atomic mass is 9.98. The lowest BCUT2D eigenvalue weighted by molar-refractivity contribution is -0.384. The van der Waals surface area contributed by atoms with Crippen LogP contribution in [0.4, 0.5) is 11.4 Å². The number of hydrogen-bond acceptors (Lipinski definition) is 5. The molecular weight excluding hydrogens is 266 g/mol. The molecule has 8 heteroatoms. The highest BCUT2D eigenvalue weighted by Gasteiger charge is 2.25. The van der Waals surface area contributed by atoms with Crippen molar-refractivity contribution >= 4 is 23.2 Å². The molecule has 2 amide bonds. The highest BCUT2D eigenvalue weighted by molar-refractivity contribution is 5.95. The summed E-state index contributed by atoms with van der Waals surface area (Å²) in [6, 6.07) is 3.39. The van der Waals surface area contributed by atoms with Gasteiger partial charge in [0.1, 0.15) is 5.75 Å². The number of hydrogen-bond donors (Lipinski definition) is 3. The van der Waals surface area contributed by atoms with Crippen LogP contribution in [-0.4, -0.2) is 28.4 Å². The Morgan fingerprint density at radius 3 is 2.85 bits per heavy atom. The predicted octanol–water partition coefficient (Wildman–Crippen LogP) is 0.765. The molecule has 0 bridgehead atoms. The molecule has 1 aromatic rings. The van der Waals surface area contributed by atoms with Crippen molar-refractivity contribution in [2.24, 2.45) is 5.92 Å². The van der Waals surface area contributed by atoms with Gasteiger partial charge in [0, 0.05) is 25.1 Å². The zero-order valence-corrected chi connectivity index (χ0v) is 10.5. The summed E-state index contributed by atoms with van der Waals surface area (Å²) in [5.41, 5.74) is -0.240. The summed E-state index contributed by atoms with van der Waals surface area (Å²) in [7, 11) is 0. The van der Waals surface area contributed by atoms with Crippen LogP contribution < -0.4 is 10.6 Å². The van der Waals surface area contributed by atoms with Gasteiger partial charge < -0.3 is 15.7 Å². The van der Waals surface area contributed by atoms with Crippen LogP contribution >= 0.6 is 0 Å². The number of nitro benzene ring substituents is 1. The van der Waals surface area contributed by atoms with Gasteiger partial charge in [-0.3, -0.25) is 19.7 Å². The number of anilines is 1. The van der Waals surface area contributed by atoms with Crippen molar-refractivity contribution in [1.29, 1.82) is 0 Å². The molecule has 3 N–H and O–H groups in total. The first-order valence-corrected chi connectivity index (χ1v) is 6.02. The van der Waals surface area contributed by atoms with E-state index in [9.17, 15) is 24.8 Å². The highest BCUT2D eigenvalue weighted by atomic mass is 16.6. The van der Waals surface area contributed by atoms with Gasteiger partial charge in [0.15, 0.2) is 0 Å². The Bertz CT molecular complexity index is 562. The van der Waals surface area contributed by atoms with Gasteiger partial charge in [-0.05, 0) is 12.5 Å². The smallest absolute Gasteiger partial charge is 0.271 e. The number of rotatable bonds is 3. The van der Waals surface area contributed by atoms with Crippen molar-refractivity contribution in [3.05, 3.63) is 28.3 Å². The van der Waals surface area contributed by atoms with E-state index in [1.165, 1.54) is 0 Å². The number of amides is 2. The Kier molecular flexibility index (Phi) is 3.83. The van der Waals surface area contributed by atoms with Crippen LogP contribution in [0.25, 0.3) is 0 Å². The number of piperidine rings is 1. The van der Waals surface area contributed by atoms with Gasteiger partial charge in [-0.1, -0.05) is 0 Å². The summed E-state index contributed by atoms with van der Waals surface area (Å²) >= 11 is 0. The molecule has 1 atom stereocenters. The number of phenols is 1. The average Bonchev–Trinajstić information content (AvgIpc) is 2.41. The molecule has 1 aromatic carbocycles. The van der Waals surface area contributed by atoms with Gasteiger partial charge in [-0.25, -0.2) is 0 Å². The van der Waals surface area contributed by atoms with E-state index in [0.29, 0.717) is 6.42 Å². The SMILES string of the molecule is O=C1CCC(C(=O)Nc2cc([N+](=O)[O-])ccc2O)CN1. The monoisotopic (exact) mass is 279 g/mol. The third kappa shape index (κ3) is 3.02. The predicted molar refractivity (Wildman–Crippen MR) is 69.1 cm³/mol. The molecule has 1 aliphatic heterocycles. The Balaban J connectivity index is 2.09. The van der Waals surface area contributed by atoms with Gasteiger partial charge in [-0.2, -0.15) is 0 Å². The lowest BCUT2D eigenvalue weighted by Gasteiger charge is -2.21. The molecule has 2 rings (SSSR count). The van der Waals surface area contributed by atoms with Crippen LogP contribution in [0, 0.1) is 16.0 Å². The number of carbonyl (C=O) groups is 2. The maximum absolute atomic E-state index is 12.0. The summed E-state index contributed by atoms with van der Waals surface area (Å²) in [5.74, 6) is -1.15. The topological polar surface area (TPSA) is 122 Å². The minimum Gasteiger partial charge on any atom is -0.506 e. The molecule has 106 valence electrons. The molecule has 1 heterocycles. The third-order valence-corrected chi connectivity index (χ3v) is 3.09. The van der Waals surface area contributed by atoms with Gasteiger partial charge >= 0.3 is 0 Å². The van der Waals surface area contributed by atoms with Crippen LogP contribution in [0.1, 0.15) is 12.8 Å². The van der Waals surface area contributed by atoms with Crippen molar-refractivity contribution in [3.8, 4) is 5.75 Å². The van der Waals surface area contributed by atoms with E-state index >= 15 is 0 Å². The van der Waals surface area contributed by atoms with Crippen molar-refractivity contribution in [1.82, 2.24) is 5.32 Å². The molecule has 0 aromatic heterocycles. The first kappa shape index (κ1) is 13.8. The van der Waals surface area contributed by atoms with E-state index in [1.807, 2.05) is 0 Å². The molecular formula is C12H13N3O5. The van der Waals surface area contributed by atoms with Crippen LogP contribution in [0.5, 0.6) is 5.75 Å². The average molecular weight is 279 g/mol. The number of carbonyl (C=O) groups excluding carboxylic acids is 2. The van der Waals surface area contributed by atoms with Crippen molar-refractivity contribution < 1.29 is 19.6 Å². The normalized spacial score (nSPS) is 18.2. The largest absolute Gasteiger partial charge is 0.506 e. The Morgan fingerprint density at radius 1 is 1.50 bits per heavy atom. The minimum absolute atomic E-state index is 0.0129. The Morgan fingerprint density at radius 2 is 2.25 bits per heavy atom. The lowest BCUT2D eigenvalue weighted by Crippen LogP contribution is -2.40. The second kappa shape index (κ2) is 5.55. The maximum atomic E-state index is 12.0. The number of phenolic OH excluding ortho intramolecular Hbond substituents is 1. The molecule has 0 radical (unpaired) electrons. The van der Waals surface area contributed by atoms with E-state index in [2.05, 4.69) is 10.6 Å². The number of nitro groups is 1. The van der Waals surface area contributed by atoms with E-state index in [4.69, 9.17) is 0 Å². The van der Waals surface area contributed by atoms with Crippen molar-refractivity contribution in [2.75, 3.05) is 11.9 Å². The molecule has 1 unspecified atom stereocenters. The molecule has 20 heavy (non-hydrogen) atoms. The second-order valence-electron chi connectivity index (χ2n) is 4.49. The van der Waals surface area contributed by atoms with Crippen LogP contribution in [0.15, 0.2) is 18.2 Å². The zero-order valence-electron chi connectivity index (χ0n) is 10.5. The molecule has 1 saturated heterocycles. The van der Waals surface area contributed by atoms with E-state index in [1.54, 1.807) is 0 Å². The first-order chi connectivity index (χ1) is 9.47. The number of aromatic hydroxyl groups is 1. The van der Waals surface area contributed by atoms with E-state index in [-0.39, 0.29) is 41.9 Å². The van der Waals surface area contributed by atoms with Crippen molar-refractivity contribution in [2.45, 2.75) is 12.8 Å². The summed E-state index contributed by atoms with van der Waals surface area (Å²) in [5, 5.41) is 25.3. The van der Waals surface area contributed by atoms with Crippen LogP contribution in [-0.2, 0) is 9.59 Å². The van der Waals surface area contributed by atoms with Gasteiger partial charge in [0.2, 0.25) is 11.8 Å². The zero-order chi connectivity index (χ0) is 14.7. The number of non-ortho nitro benzene ring substituents is 1. The number of nitrogens with one attached hydrogen (secondary N) is 2. The van der Waals surface area contributed by atoms with Crippen LogP contribution in [0.2, 0.25) is 0 Å². The quantitative estimate of drug-likeness (QED) is 0.428. The fourth-order valence-corrected chi connectivity index (χ4v) is 1.93. The minimum atomic E-state index is -0.615. The van der Waals surface area contributed by atoms with Gasteiger partial charge in [0.05, 0.1) is 16.5 Å². The van der Waals surface area contributed by atoms with Gasteiger partial charge in [0.25, 0.3) is 5.69 Å². The van der Waals surface area contributed by atoms with Gasteiger partial charge in [-0.15, -0.1) is 0 Å². The molecule has 8 nitrogen and oxygen atoms in total. The first-order valence-electron chi connectivity index (χ1n) is 6.02. The summed E-state index contributed by atoms with van der Waals surface area (Å²) in [6.45, 7) is 0.223. The standard InChI is InChI=1S/C12H13N3O5/c16-10-3-2-8(15(19)20)5-9(10)14-12(18)7-1-4-11(17)13-6-7/h2-3,5,7,16H,1,4,6H2,(H,13,17)(H,14,18). The third-order valence-electron chi connectivity index (χ3n) is 3.09.